The first-order chi connectivity index (χ1) is 9.47. The number of hydrogen-bond acceptors (Lipinski definition) is 1. The molecule has 20 heavy (non-hydrogen) atoms. The summed E-state index contributed by atoms with van der Waals surface area (Å²) in [7, 11) is 0. The van der Waals surface area contributed by atoms with Crippen LogP contribution in [0.3, 0.4) is 0 Å². The van der Waals surface area contributed by atoms with E-state index in [-0.39, 0.29) is 12.0 Å². The molecule has 1 atom stereocenters. The minimum absolute atomic E-state index is 0.0215. The summed E-state index contributed by atoms with van der Waals surface area (Å²) in [6.45, 7) is 0. The van der Waals surface area contributed by atoms with Crippen molar-refractivity contribution in [1.82, 2.24) is 0 Å². The molecular formula is C15H13BrClF2N. The molecule has 0 aliphatic rings. The lowest BCUT2D eigenvalue weighted by Gasteiger charge is -2.14. The van der Waals surface area contributed by atoms with Gasteiger partial charge in [0.25, 0.3) is 0 Å². The third kappa shape index (κ3) is 3.78. The Bertz CT molecular complexity index is 599. The van der Waals surface area contributed by atoms with E-state index in [4.69, 9.17) is 17.3 Å². The van der Waals surface area contributed by atoms with Crippen LogP contribution >= 0.6 is 27.5 Å². The van der Waals surface area contributed by atoms with Gasteiger partial charge in [-0.1, -0.05) is 39.7 Å². The van der Waals surface area contributed by atoms with Crippen molar-refractivity contribution in [2.45, 2.75) is 18.9 Å². The topological polar surface area (TPSA) is 26.0 Å². The van der Waals surface area contributed by atoms with Crippen molar-refractivity contribution < 1.29 is 8.78 Å². The summed E-state index contributed by atoms with van der Waals surface area (Å²) in [6.07, 6.45) is 0.588. The first-order valence-corrected chi connectivity index (χ1v) is 7.27. The van der Waals surface area contributed by atoms with Gasteiger partial charge in [0, 0.05) is 21.1 Å². The molecule has 0 saturated carbocycles. The van der Waals surface area contributed by atoms with Crippen LogP contribution in [0.4, 0.5) is 8.78 Å². The van der Waals surface area contributed by atoms with Crippen molar-refractivity contribution in [3.63, 3.8) is 0 Å². The van der Waals surface area contributed by atoms with Crippen LogP contribution in [0.25, 0.3) is 0 Å². The third-order valence-corrected chi connectivity index (χ3v) is 3.87. The van der Waals surface area contributed by atoms with E-state index in [9.17, 15) is 8.78 Å². The molecule has 5 heteroatoms. The zero-order valence-electron chi connectivity index (χ0n) is 10.5. The Morgan fingerprint density at radius 3 is 2.35 bits per heavy atom. The summed E-state index contributed by atoms with van der Waals surface area (Å²) >= 11 is 9.43. The Balaban J connectivity index is 2.11. The highest BCUT2D eigenvalue weighted by Gasteiger charge is 2.14. The van der Waals surface area contributed by atoms with Crippen molar-refractivity contribution in [3.8, 4) is 0 Å². The smallest absolute Gasteiger partial charge is 0.129 e. The number of hydrogen-bond donors (Lipinski definition) is 1. The third-order valence-electron chi connectivity index (χ3n) is 3.03. The molecule has 2 aromatic rings. The Morgan fingerprint density at radius 1 is 1.10 bits per heavy atom. The van der Waals surface area contributed by atoms with Gasteiger partial charge in [-0.05, 0) is 42.7 Å². The van der Waals surface area contributed by atoms with E-state index in [0.717, 1.165) is 10.0 Å². The van der Waals surface area contributed by atoms with Gasteiger partial charge in [-0.15, -0.1) is 0 Å². The molecule has 1 unspecified atom stereocenters. The molecule has 2 N–H and O–H groups in total. The zero-order valence-corrected chi connectivity index (χ0v) is 12.9. The van der Waals surface area contributed by atoms with E-state index in [1.54, 1.807) is 6.07 Å². The molecule has 2 aromatic carbocycles. The average molecular weight is 361 g/mol. The fourth-order valence-corrected chi connectivity index (χ4v) is 2.78. The van der Waals surface area contributed by atoms with Crippen LogP contribution in [-0.4, -0.2) is 6.04 Å². The lowest BCUT2D eigenvalue weighted by molar-refractivity contribution is 0.533. The van der Waals surface area contributed by atoms with E-state index in [1.165, 1.54) is 18.2 Å². The molecule has 0 saturated heterocycles. The van der Waals surface area contributed by atoms with Gasteiger partial charge in [-0.2, -0.15) is 0 Å². The summed E-state index contributed by atoms with van der Waals surface area (Å²) in [5, 5.41) is 0.587. The van der Waals surface area contributed by atoms with Gasteiger partial charge in [0.2, 0.25) is 0 Å². The summed E-state index contributed by atoms with van der Waals surface area (Å²) < 4.78 is 28.0. The second-order valence-corrected chi connectivity index (χ2v) is 5.93. The van der Waals surface area contributed by atoms with Crippen LogP contribution < -0.4 is 5.73 Å². The molecule has 1 nitrogen and oxygen atoms in total. The average Bonchev–Trinajstić information content (AvgIpc) is 2.37. The predicted molar refractivity (Wildman–Crippen MR) is 80.9 cm³/mol. The molecular weight excluding hydrogens is 348 g/mol. The molecule has 106 valence electrons. The molecule has 0 fully saturated rings. The van der Waals surface area contributed by atoms with Gasteiger partial charge >= 0.3 is 0 Å². The van der Waals surface area contributed by atoms with Crippen LogP contribution in [0.2, 0.25) is 5.02 Å². The molecule has 0 aliphatic heterocycles. The van der Waals surface area contributed by atoms with E-state index in [1.807, 2.05) is 12.1 Å². The number of nitrogens with two attached hydrogens (primary N) is 1. The fourth-order valence-electron chi connectivity index (χ4n) is 2.03. The minimum Gasteiger partial charge on any atom is -0.327 e. The van der Waals surface area contributed by atoms with E-state index >= 15 is 0 Å². The highest BCUT2D eigenvalue weighted by molar-refractivity contribution is 9.10. The second-order valence-electron chi connectivity index (χ2n) is 4.60. The molecule has 0 heterocycles. The summed E-state index contributed by atoms with van der Waals surface area (Å²) in [5.74, 6) is -1.13. The SMILES string of the molecule is NC(Cc1ccc(Br)cc1Cl)Cc1c(F)cccc1F. The van der Waals surface area contributed by atoms with Gasteiger partial charge in [0.15, 0.2) is 0 Å². The molecule has 0 aromatic heterocycles. The van der Waals surface area contributed by atoms with Gasteiger partial charge in [-0.3, -0.25) is 0 Å². The molecule has 2 rings (SSSR count). The lowest BCUT2D eigenvalue weighted by atomic mass is 9.99. The van der Waals surface area contributed by atoms with Crippen LogP contribution in [0.5, 0.6) is 0 Å². The Labute approximate surface area is 129 Å². The normalized spacial score (nSPS) is 12.4. The Morgan fingerprint density at radius 2 is 1.75 bits per heavy atom. The van der Waals surface area contributed by atoms with Crippen LogP contribution in [0, 0.1) is 11.6 Å². The quantitative estimate of drug-likeness (QED) is 0.854. The van der Waals surface area contributed by atoms with Crippen LogP contribution in [0.1, 0.15) is 11.1 Å². The zero-order chi connectivity index (χ0) is 14.7. The summed E-state index contributed by atoms with van der Waals surface area (Å²) in [5.41, 5.74) is 6.86. The fraction of sp³-hybridized carbons (Fsp3) is 0.200. The van der Waals surface area contributed by atoms with Crippen molar-refractivity contribution >= 4 is 27.5 Å². The van der Waals surface area contributed by atoms with Gasteiger partial charge < -0.3 is 5.73 Å². The van der Waals surface area contributed by atoms with Crippen LogP contribution in [-0.2, 0) is 12.8 Å². The Hall–Kier alpha value is -0.970. The maximum absolute atomic E-state index is 13.6. The summed E-state index contributed by atoms with van der Waals surface area (Å²) in [6, 6.07) is 8.88. The largest absolute Gasteiger partial charge is 0.327 e. The molecule has 0 amide bonds. The van der Waals surface area contributed by atoms with Gasteiger partial charge in [0.05, 0.1) is 0 Å². The molecule has 0 aliphatic carbocycles. The monoisotopic (exact) mass is 359 g/mol. The van der Waals surface area contributed by atoms with Crippen molar-refractivity contribution in [2.75, 3.05) is 0 Å². The van der Waals surface area contributed by atoms with Crippen molar-refractivity contribution in [3.05, 3.63) is 68.7 Å². The standard InChI is InChI=1S/C15H13BrClF2N/c16-10-5-4-9(13(17)7-10)6-11(20)8-12-14(18)2-1-3-15(12)19/h1-5,7,11H,6,8,20H2. The maximum atomic E-state index is 13.6. The van der Waals surface area contributed by atoms with E-state index in [2.05, 4.69) is 15.9 Å². The first-order valence-electron chi connectivity index (χ1n) is 6.09. The van der Waals surface area contributed by atoms with Gasteiger partial charge in [-0.25, -0.2) is 8.78 Å². The number of rotatable bonds is 4. The highest BCUT2D eigenvalue weighted by Crippen LogP contribution is 2.23. The molecule has 0 spiro atoms. The lowest BCUT2D eigenvalue weighted by Crippen LogP contribution is -2.26. The molecule has 0 radical (unpaired) electrons. The first kappa shape index (κ1) is 15.4. The maximum Gasteiger partial charge on any atom is 0.129 e. The van der Waals surface area contributed by atoms with Gasteiger partial charge in [0.1, 0.15) is 11.6 Å². The van der Waals surface area contributed by atoms with Crippen LogP contribution in [0.15, 0.2) is 40.9 Å². The highest BCUT2D eigenvalue weighted by atomic mass is 79.9. The number of benzene rings is 2. The second kappa shape index (κ2) is 6.66. The minimum atomic E-state index is -0.567. The summed E-state index contributed by atoms with van der Waals surface area (Å²) in [4.78, 5) is 0. The van der Waals surface area contributed by atoms with E-state index < -0.39 is 17.7 Å². The van der Waals surface area contributed by atoms with Crippen molar-refractivity contribution in [1.29, 1.82) is 0 Å². The Kier molecular flexibility index (Phi) is 5.13. The predicted octanol–water partition coefficient (Wildman–Crippen LogP) is 4.49. The molecule has 0 bridgehead atoms. The van der Waals surface area contributed by atoms with Crippen molar-refractivity contribution in [2.24, 2.45) is 5.73 Å². The number of halogens is 4. The van der Waals surface area contributed by atoms with E-state index in [0.29, 0.717) is 11.4 Å².